The molecule has 1 atom stereocenters. The minimum atomic E-state index is -1.36. The number of hydrogen-bond donors (Lipinski definition) is 3. The molecule has 0 aromatic carbocycles. The first kappa shape index (κ1) is 12.3. The summed E-state index contributed by atoms with van der Waals surface area (Å²) in [6.07, 6.45) is 1.55. The first-order chi connectivity index (χ1) is 6.78. The zero-order chi connectivity index (χ0) is 11.7. The first-order valence-corrected chi connectivity index (χ1v) is 5.02. The van der Waals surface area contributed by atoms with Crippen LogP contribution in [0.25, 0.3) is 0 Å². The molecule has 0 amide bonds. The smallest absolute Gasteiger partial charge is 0.351 e. The van der Waals surface area contributed by atoms with Crippen molar-refractivity contribution in [2.75, 3.05) is 6.61 Å². The topological polar surface area (TPSA) is 70.6 Å². The van der Waals surface area contributed by atoms with Gasteiger partial charge in [-0.15, -0.1) is 0 Å². The number of carboxylic acids is 1. The van der Waals surface area contributed by atoms with Gasteiger partial charge >= 0.3 is 5.97 Å². The van der Waals surface area contributed by atoms with Gasteiger partial charge in [0.25, 0.3) is 5.31 Å². The van der Waals surface area contributed by atoms with Crippen LogP contribution in [0.3, 0.4) is 0 Å². The second-order valence-electron chi connectivity index (χ2n) is 3.86. The maximum absolute atomic E-state index is 10.9. The maximum Gasteiger partial charge on any atom is 0.351 e. The third-order valence-electron chi connectivity index (χ3n) is 1.86. The molecule has 0 spiro atoms. The zero-order valence-corrected chi connectivity index (χ0v) is 9.68. The lowest BCUT2D eigenvalue weighted by atomic mass is 10.0. The Balaban J connectivity index is 2.95. The van der Waals surface area contributed by atoms with E-state index in [0.29, 0.717) is 6.61 Å². The second kappa shape index (κ2) is 4.00. The van der Waals surface area contributed by atoms with Crippen molar-refractivity contribution in [3.05, 3.63) is 11.8 Å². The Morgan fingerprint density at radius 1 is 1.67 bits per heavy atom. The van der Waals surface area contributed by atoms with E-state index in [0.717, 1.165) is 0 Å². The lowest BCUT2D eigenvalue weighted by Crippen LogP contribution is -2.64. The predicted molar refractivity (Wildman–Crippen MR) is 56.3 cm³/mol. The summed E-state index contributed by atoms with van der Waals surface area (Å²) in [5.74, 6) is -1.06. The van der Waals surface area contributed by atoms with Crippen molar-refractivity contribution in [3.63, 3.8) is 0 Å². The van der Waals surface area contributed by atoms with Gasteiger partial charge in [0.1, 0.15) is 5.70 Å². The third kappa shape index (κ3) is 3.09. The van der Waals surface area contributed by atoms with Crippen LogP contribution in [0.4, 0.5) is 0 Å². The number of carbonyl (C=O) groups is 1. The highest BCUT2D eigenvalue weighted by molar-refractivity contribution is 6.22. The van der Waals surface area contributed by atoms with Gasteiger partial charge in [0, 0.05) is 12.1 Å². The molecule has 1 rings (SSSR count). The average molecular weight is 235 g/mol. The zero-order valence-electron chi connectivity index (χ0n) is 8.93. The number of aliphatic carboxylic acids is 1. The summed E-state index contributed by atoms with van der Waals surface area (Å²) in [5, 5.41) is 13.1. The Morgan fingerprint density at radius 3 is 2.73 bits per heavy atom. The molecule has 5 nitrogen and oxygen atoms in total. The molecule has 0 aromatic rings. The van der Waals surface area contributed by atoms with Crippen molar-refractivity contribution >= 4 is 17.6 Å². The molecule has 1 heterocycles. The molecule has 3 N–H and O–H groups in total. The number of halogens is 1. The van der Waals surface area contributed by atoms with E-state index < -0.39 is 16.8 Å². The normalized spacial score (nSPS) is 29.2. The lowest BCUT2D eigenvalue weighted by molar-refractivity contribution is -0.135. The average Bonchev–Trinajstić information content (AvgIpc) is 1.99. The summed E-state index contributed by atoms with van der Waals surface area (Å²) in [6, 6.07) is 0. The molecular formula is C9H15ClN2O3. The van der Waals surface area contributed by atoms with Gasteiger partial charge in [0.05, 0.1) is 0 Å². The Labute approximate surface area is 93.4 Å². The Hall–Kier alpha value is -0.780. The van der Waals surface area contributed by atoms with Crippen molar-refractivity contribution in [3.8, 4) is 0 Å². The molecule has 0 saturated heterocycles. The molecule has 0 aromatic heterocycles. The van der Waals surface area contributed by atoms with Gasteiger partial charge in [-0.25, -0.2) is 10.1 Å². The van der Waals surface area contributed by atoms with E-state index in [1.54, 1.807) is 13.0 Å². The molecular weight excluding hydrogens is 220 g/mol. The first-order valence-electron chi connectivity index (χ1n) is 4.64. The van der Waals surface area contributed by atoms with Crippen LogP contribution in [-0.2, 0) is 9.53 Å². The summed E-state index contributed by atoms with van der Waals surface area (Å²) < 4.78 is 5.23. The van der Waals surface area contributed by atoms with Crippen LogP contribution in [0.5, 0.6) is 0 Å². The second-order valence-corrected chi connectivity index (χ2v) is 4.40. The number of rotatable bonds is 3. The lowest BCUT2D eigenvalue weighted by Gasteiger charge is -2.40. The highest BCUT2D eigenvalue weighted by Crippen LogP contribution is 2.23. The predicted octanol–water partition coefficient (Wildman–Crippen LogP) is 0.813. The number of ether oxygens (including phenoxy) is 1. The van der Waals surface area contributed by atoms with Crippen LogP contribution in [0.1, 0.15) is 20.8 Å². The molecule has 0 aliphatic carbocycles. The van der Waals surface area contributed by atoms with E-state index in [2.05, 4.69) is 10.6 Å². The van der Waals surface area contributed by atoms with Crippen LogP contribution in [-0.4, -0.2) is 28.5 Å². The van der Waals surface area contributed by atoms with Gasteiger partial charge in [-0.1, -0.05) is 0 Å². The van der Waals surface area contributed by atoms with E-state index in [9.17, 15) is 4.79 Å². The standard InChI is InChI=1S/C9H15ClN2O3/c1-4-15-9(10)11-6(7(13)14)5-8(2,3)12-9/h5,11-12H,4H2,1-3H3,(H,13,14). The van der Waals surface area contributed by atoms with Gasteiger partial charge in [-0.05, 0) is 38.4 Å². The van der Waals surface area contributed by atoms with E-state index in [1.165, 1.54) is 0 Å². The quantitative estimate of drug-likeness (QED) is 0.498. The molecule has 1 unspecified atom stereocenters. The Morgan fingerprint density at radius 2 is 2.27 bits per heavy atom. The SMILES string of the molecule is CCOC1(Cl)NC(C(=O)O)=CC(C)(C)N1. The molecule has 86 valence electrons. The van der Waals surface area contributed by atoms with Crippen LogP contribution < -0.4 is 10.6 Å². The van der Waals surface area contributed by atoms with Crippen molar-refractivity contribution < 1.29 is 14.6 Å². The van der Waals surface area contributed by atoms with E-state index in [-0.39, 0.29) is 5.70 Å². The fraction of sp³-hybridized carbons (Fsp3) is 0.667. The number of alkyl halides is 1. The van der Waals surface area contributed by atoms with Gasteiger partial charge in [0.2, 0.25) is 0 Å². The largest absolute Gasteiger partial charge is 0.477 e. The summed E-state index contributed by atoms with van der Waals surface area (Å²) in [4.78, 5) is 10.9. The molecule has 6 heteroatoms. The van der Waals surface area contributed by atoms with Crippen molar-refractivity contribution in [2.24, 2.45) is 0 Å². The van der Waals surface area contributed by atoms with Crippen molar-refractivity contribution in [1.29, 1.82) is 0 Å². The fourth-order valence-electron chi connectivity index (χ4n) is 1.44. The van der Waals surface area contributed by atoms with Crippen molar-refractivity contribution in [1.82, 2.24) is 10.6 Å². The van der Waals surface area contributed by atoms with Gasteiger partial charge in [-0.3, -0.25) is 0 Å². The Bertz CT molecular complexity index is 304. The van der Waals surface area contributed by atoms with E-state index >= 15 is 0 Å². The van der Waals surface area contributed by atoms with Crippen LogP contribution in [0.15, 0.2) is 11.8 Å². The molecule has 15 heavy (non-hydrogen) atoms. The van der Waals surface area contributed by atoms with Gasteiger partial charge < -0.3 is 15.2 Å². The minimum absolute atomic E-state index is 0.0298. The van der Waals surface area contributed by atoms with Gasteiger partial charge in [0.15, 0.2) is 0 Å². The monoisotopic (exact) mass is 234 g/mol. The summed E-state index contributed by atoms with van der Waals surface area (Å²) in [7, 11) is 0. The van der Waals surface area contributed by atoms with Crippen molar-refractivity contribution in [2.45, 2.75) is 31.6 Å². The number of carboxylic acid groups (broad SMARTS) is 1. The summed E-state index contributed by atoms with van der Waals surface area (Å²) in [6.45, 7) is 5.77. The number of nitrogens with one attached hydrogen (secondary N) is 2. The van der Waals surface area contributed by atoms with Gasteiger partial charge in [-0.2, -0.15) is 0 Å². The van der Waals surface area contributed by atoms with Crippen LogP contribution >= 0.6 is 11.6 Å². The fourth-order valence-corrected chi connectivity index (χ4v) is 1.89. The molecule has 1 aliphatic rings. The van der Waals surface area contributed by atoms with Crippen LogP contribution in [0.2, 0.25) is 0 Å². The van der Waals surface area contributed by atoms with Crippen LogP contribution in [0, 0.1) is 0 Å². The highest BCUT2D eigenvalue weighted by Gasteiger charge is 2.39. The molecule has 1 aliphatic heterocycles. The third-order valence-corrected chi connectivity index (χ3v) is 2.16. The Kier molecular flexibility index (Phi) is 3.28. The minimum Gasteiger partial charge on any atom is -0.477 e. The molecule has 0 fully saturated rings. The summed E-state index contributed by atoms with van der Waals surface area (Å²) >= 11 is 6.05. The molecule has 0 radical (unpaired) electrons. The van der Waals surface area contributed by atoms with E-state index in [4.69, 9.17) is 21.4 Å². The summed E-state index contributed by atoms with van der Waals surface area (Å²) in [5.41, 5.74) is -0.516. The maximum atomic E-state index is 10.9. The highest BCUT2D eigenvalue weighted by atomic mass is 35.5. The van der Waals surface area contributed by atoms with E-state index in [1.807, 2.05) is 13.8 Å². The molecule has 0 bridgehead atoms. The number of hydrogen-bond acceptors (Lipinski definition) is 4. The molecule has 0 saturated carbocycles.